The number of hydrogen-bond acceptors (Lipinski definition) is 3. The van der Waals surface area contributed by atoms with Crippen LogP contribution in [-0.4, -0.2) is 17.3 Å². The van der Waals surface area contributed by atoms with Crippen LogP contribution >= 0.6 is 0 Å². The predicted molar refractivity (Wildman–Crippen MR) is 58.4 cm³/mol. The first-order valence-electron chi connectivity index (χ1n) is 4.79. The zero-order valence-corrected chi connectivity index (χ0v) is 8.99. The Morgan fingerprint density at radius 3 is 1.67 bits per heavy atom. The van der Waals surface area contributed by atoms with Gasteiger partial charge in [0.25, 0.3) is 0 Å². The largest absolute Gasteiger partial charge is 0.300 e. The van der Waals surface area contributed by atoms with Crippen molar-refractivity contribution in [3.8, 4) is 0 Å². The highest BCUT2D eigenvalue weighted by Crippen LogP contribution is 2.15. The third-order valence-electron chi connectivity index (χ3n) is 2.01. The highest BCUT2D eigenvalue weighted by atomic mass is 16.1. The zero-order chi connectivity index (χ0) is 11.8. The van der Waals surface area contributed by atoms with Crippen molar-refractivity contribution in [3.05, 3.63) is 25.3 Å². The van der Waals surface area contributed by atoms with E-state index in [4.69, 9.17) is 0 Å². The van der Waals surface area contributed by atoms with Crippen molar-refractivity contribution in [2.24, 2.45) is 5.92 Å². The second-order valence-corrected chi connectivity index (χ2v) is 3.52. The Kier molecular flexibility index (Phi) is 6.18. The summed E-state index contributed by atoms with van der Waals surface area (Å²) >= 11 is 0. The van der Waals surface area contributed by atoms with Crippen molar-refractivity contribution in [1.29, 1.82) is 0 Å². The third kappa shape index (κ3) is 6.55. The second kappa shape index (κ2) is 6.87. The lowest BCUT2D eigenvalue weighted by Gasteiger charge is -2.11. The van der Waals surface area contributed by atoms with Gasteiger partial charge in [-0.25, -0.2) is 0 Å². The average molecular weight is 208 g/mol. The third-order valence-corrected chi connectivity index (χ3v) is 2.01. The normalized spacial score (nSPS) is 9.73. The van der Waals surface area contributed by atoms with Crippen molar-refractivity contribution in [3.63, 3.8) is 0 Å². The van der Waals surface area contributed by atoms with Gasteiger partial charge in [0, 0.05) is 19.3 Å². The van der Waals surface area contributed by atoms with E-state index < -0.39 is 0 Å². The van der Waals surface area contributed by atoms with E-state index in [1.807, 2.05) is 0 Å². The zero-order valence-electron chi connectivity index (χ0n) is 8.99. The van der Waals surface area contributed by atoms with Crippen LogP contribution in [0.25, 0.3) is 0 Å². The molecule has 0 aromatic heterocycles. The van der Waals surface area contributed by atoms with Crippen molar-refractivity contribution in [2.75, 3.05) is 0 Å². The van der Waals surface area contributed by atoms with Gasteiger partial charge in [-0.3, -0.25) is 9.59 Å². The maximum Gasteiger partial charge on any atom is 0.155 e. The number of Topliss-reactive ketones (excluding diaryl/α,β-unsaturated/α-hetero) is 1. The Bertz CT molecular complexity index is 267. The van der Waals surface area contributed by atoms with E-state index in [2.05, 4.69) is 13.2 Å². The molecule has 0 aliphatic carbocycles. The lowest BCUT2D eigenvalue weighted by Crippen LogP contribution is -2.14. The molecule has 0 unspecified atom stereocenters. The summed E-state index contributed by atoms with van der Waals surface area (Å²) in [5.41, 5.74) is 0. The lowest BCUT2D eigenvalue weighted by molar-refractivity contribution is -0.120. The molecule has 0 radical (unpaired) electrons. The van der Waals surface area contributed by atoms with Crippen molar-refractivity contribution in [2.45, 2.75) is 26.2 Å². The highest BCUT2D eigenvalue weighted by molar-refractivity contribution is 5.92. The van der Waals surface area contributed by atoms with Crippen LogP contribution < -0.4 is 0 Å². The van der Waals surface area contributed by atoms with Crippen LogP contribution in [0.3, 0.4) is 0 Å². The summed E-state index contributed by atoms with van der Waals surface area (Å²) in [7, 11) is 0. The summed E-state index contributed by atoms with van der Waals surface area (Å²) in [6, 6.07) is 0. The molecule has 0 rings (SSSR count). The van der Waals surface area contributed by atoms with Gasteiger partial charge in [0.2, 0.25) is 0 Å². The SMILES string of the molecule is C=CC(=O)CC(CC(C)=O)CC(=O)C=C. The molecule has 0 saturated heterocycles. The number of ketones is 3. The fraction of sp³-hybridized carbons (Fsp3) is 0.417. The van der Waals surface area contributed by atoms with Crippen LogP contribution in [0.1, 0.15) is 26.2 Å². The maximum absolute atomic E-state index is 11.1. The van der Waals surface area contributed by atoms with Gasteiger partial charge in [0.1, 0.15) is 5.78 Å². The molecule has 0 saturated carbocycles. The quantitative estimate of drug-likeness (QED) is 0.572. The van der Waals surface area contributed by atoms with Crippen LogP contribution in [0.2, 0.25) is 0 Å². The molecule has 3 nitrogen and oxygen atoms in total. The number of carbonyl (C=O) groups excluding carboxylic acids is 3. The van der Waals surface area contributed by atoms with Crippen molar-refractivity contribution in [1.82, 2.24) is 0 Å². The molecule has 0 fully saturated rings. The summed E-state index contributed by atoms with van der Waals surface area (Å²) < 4.78 is 0. The average Bonchev–Trinajstić information content (AvgIpc) is 2.16. The lowest BCUT2D eigenvalue weighted by atomic mass is 9.91. The minimum Gasteiger partial charge on any atom is -0.300 e. The molecule has 3 heteroatoms. The van der Waals surface area contributed by atoms with Gasteiger partial charge < -0.3 is 4.79 Å². The van der Waals surface area contributed by atoms with Crippen LogP contribution in [0.5, 0.6) is 0 Å². The summed E-state index contributed by atoms with van der Waals surface area (Å²) in [5, 5.41) is 0. The van der Waals surface area contributed by atoms with Gasteiger partial charge in [0.15, 0.2) is 11.6 Å². The van der Waals surface area contributed by atoms with Crippen molar-refractivity contribution < 1.29 is 14.4 Å². The molecule has 0 aliphatic rings. The molecule has 0 aromatic rings. The van der Waals surface area contributed by atoms with E-state index in [0.29, 0.717) is 0 Å². The first-order valence-corrected chi connectivity index (χ1v) is 4.79. The fourth-order valence-corrected chi connectivity index (χ4v) is 1.36. The topological polar surface area (TPSA) is 51.2 Å². The highest BCUT2D eigenvalue weighted by Gasteiger charge is 2.16. The van der Waals surface area contributed by atoms with E-state index in [9.17, 15) is 14.4 Å². The standard InChI is InChI=1S/C12H16O3/c1-4-11(14)7-10(6-9(3)13)8-12(15)5-2/h4-5,10H,1-2,6-8H2,3H3. The molecule has 0 N–H and O–H groups in total. The maximum atomic E-state index is 11.1. The van der Waals surface area contributed by atoms with Gasteiger partial charge in [0.05, 0.1) is 0 Å². The molecule has 0 bridgehead atoms. The first kappa shape index (κ1) is 13.5. The molecule has 0 spiro atoms. The molecule has 0 atom stereocenters. The van der Waals surface area contributed by atoms with Crippen LogP contribution in [0.15, 0.2) is 25.3 Å². The molecule has 0 aromatic carbocycles. The minimum atomic E-state index is -0.224. The molecule has 82 valence electrons. The van der Waals surface area contributed by atoms with Gasteiger partial charge in [-0.05, 0) is 25.0 Å². The molecule has 0 aliphatic heterocycles. The smallest absolute Gasteiger partial charge is 0.155 e. The fourth-order valence-electron chi connectivity index (χ4n) is 1.36. The monoisotopic (exact) mass is 208 g/mol. The van der Waals surface area contributed by atoms with Crippen LogP contribution in [0.4, 0.5) is 0 Å². The Labute approximate surface area is 89.9 Å². The Morgan fingerprint density at radius 1 is 1.00 bits per heavy atom. The number of hydrogen-bond donors (Lipinski definition) is 0. The number of rotatable bonds is 8. The minimum absolute atomic E-state index is 0.0197. The second-order valence-electron chi connectivity index (χ2n) is 3.52. The number of carbonyl (C=O) groups is 3. The van der Waals surface area contributed by atoms with E-state index in [1.54, 1.807) is 0 Å². The number of allylic oxidation sites excluding steroid dienone is 2. The van der Waals surface area contributed by atoms with E-state index >= 15 is 0 Å². The molecule has 0 amide bonds. The van der Waals surface area contributed by atoms with Crippen LogP contribution in [0, 0.1) is 5.92 Å². The van der Waals surface area contributed by atoms with Gasteiger partial charge in [-0.2, -0.15) is 0 Å². The van der Waals surface area contributed by atoms with E-state index in [0.717, 1.165) is 0 Å². The van der Waals surface area contributed by atoms with Crippen LogP contribution in [-0.2, 0) is 14.4 Å². The molecular formula is C12H16O3. The predicted octanol–water partition coefficient (Wildman–Crippen LogP) is 1.87. The first-order chi connectivity index (χ1) is 6.99. The summed E-state index contributed by atoms with van der Waals surface area (Å²) in [6.07, 6.45) is 3.07. The Morgan fingerprint density at radius 2 is 1.40 bits per heavy atom. The molecular weight excluding hydrogens is 192 g/mol. The van der Waals surface area contributed by atoms with Gasteiger partial charge in [-0.1, -0.05) is 13.2 Å². The molecule has 15 heavy (non-hydrogen) atoms. The Balaban J connectivity index is 4.35. The summed E-state index contributed by atoms with van der Waals surface area (Å²) in [5.74, 6) is -0.525. The molecule has 0 heterocycles. The van der Waals surface area contributed by atoms with E-state index in [-0.39, 0.29) is 42.5 Å². The van der Waals surface area contributed by atoms with E-state index in [1.165, 1.54) is 19.1 Å². The summed E-state index contributed by atoms with van der Waals surface area (Å²) in [4.78, 5) is 33.1. The summed E-state index contributed by atoms with van der Waals surface area (Å²) in [6.45, 7) is 8.15. The van der Waals surface area contributed by atoms with Gasteiger partial charge >= 0.3 is 0 Å². The Hall–Kier alpha value is -1.51. The van der Waals surface area contributed by atoms with Crippen molar-refractivity contribution >= 4 is 17.3 Å². The van der Waals surface area contributed by atoms with Gasteiger partial charge in [-0.15, -0.1) is 0 Å².